The summed E-state index contributed by atoms with van der Waals surface area (Å²) in [6.07, 6.45) is -0.848. The first-order valence-corrected chi connectivity index (χ1v) is 2.94. The Bertz CT molecular complexity index is 67.1. The highest BCUT2D eigenvalue weighted by molar-refractivity contribution is 4.47. The molecule has 0 saturated carbocycles. The highest BCUT2D eigenvalue weighted by Crippen LogP contribution is 1.82. The van der Waals surface area contributed by atoms with Gasteiger partial charge in [0.05, 0.1) is 19.8 Å². The zero-order valence-electron chi connectivity index (χ0n) is 5.56. The van der Waals surface area contributed by atoms with Gasteiger partial charge in [-0.15, -0.1) is 0 Å². The maximum atomic E-state index is 8.68. The molecule has 0 aromatic heterocycles. The van der Waals surface area contributed by atoms with Crippen LogP contribution >= 0.6 is 0 Å². The van der Waals surface area contributed by atoms with Gasteiger partial charge in [0.1, 0.15) is 12.7 Å². The molecule has 0 spiro atoms. The molecule has 0 aliphatic carbocycles. The molecule has 5 heteroatoms. The van der Waals surface area contributed by atoms with Gasteiger partial charge in [-0.1, -0.05) is 0 Å². The van der Waals surface area contributed by atoms with E-state index in [-0.39, 0.29) is 26.4 Å². The SMILES string of the molecule is OCC(O)COCCOO. The zero-order valence-corrected chi connectivity index (χ0v) is 5.56. The summed E-state index contributed by atoms with van der Waals surface area (Å²) in [6, 6.07) is 0. The molecule has 0 aliphatic rings. The maximum absolute atomic E-state index is 8.68. The van der Waals surface area contributed by atoms with E-state index < -0.39 is 6.10 Å². The highest BCUT2D eigenvalue weighted by atomic mass is 17.1. The Labute approximate surface area is 58.7 Å². The van der Waals surface area contributed by atoms with E-state index in [1.807, 2.05) is 0 Å². The second-order valence-electron chi connectivity index (χ2n) is 1.74. The second kappa shape index (κ2) is 6.91. The third-order valence-corrected chi connectivity index (χ3v) is 0.840. The van der Waals surface area contributed by atoms with Gasteiger partial charge in [-0.05, 0) is 0 Å². The van der Waals surface area contributed by atoms with Crippen molar-refractivity contribution >= 4 is 0 Å². The highest BCUT2D eigenvalue weighted by Gasteiger charge is 1.99. The van der Waals surface area contributed by atoms with Crippen molar-refractivity contribution in [2.45, 2.75) is 6.10 Å². The lowest BCUT2D eigenvalue weighted by Crippen LogP contribution is -2.20. The summed E-state index contributed by atoms with van der Waals surface area (Å²) in [6.45, 7) is 0.00551. The molecule has 0 aliphatic heterocycles. The molecule has 0 heterocycles. The molecule has 0 aromatic rings. The standard InChI is InChI=1S/C5H12O5/c6-3-5(7)4-9-1-2-10-8/h5-8H,1-4H2. The van der Waals surface area contributed by atoms with Crippen LogP contribution in [-0.2, 0) is 9.62 Å². The van der Waals surface area contributed by atoms with Gasteiger partial charge in [0.15, 0.2) is 0 Å². The summed E-state index contributed by atoms with van der Waals surface area (Å²) in [5, 5.41) is 24.8. The monoisotopic (exact) mass is 152 g/mol. The van der Waals surface area contributed by atoms with Crippen LogP contribution in [0.25, 0.3) is 0 Å². The molecule has 5 nitrogen and oxygen atoms in total. The number of hydrogen-bond acceptors (Lipinski definition) is 5. The van der Waals surface area contributed by atoms with Crippen molar-refractivity contribution in [2.75, 3.05) is 26.4 Å². The Hall–Kier alpha value is -0.200. The molecular weight excluding hydrogens is 140 g/mol. The second-order valence-corrected chi connectivity index (χ2v) is 1.74. The Morgan fingerprint density at radius 2 is 2.00 bits per heavy atom. The number of aliphatic hydroxyl groups excluding tert-OH is 2. The molecule has 0 saturated heterocycles. The van der Waals surface area contributed by atoms with E-state index in [2.05, 4.69) is 4.89 Å². The van der Waals surface area contributed by atoms with E-state index in [1.54, 1.807) is 0 Å². The van der Waals surface area contributed by atoms with Crippen LogP contribution in [0.5, 0.6) is 0 Å². The fraction of sp³-hybridized carbons (Fsp3) is 1.00. The first kappa shape index (κ1) is 9.80. The van der Waals surface area contributed by atoms with Crippen molar-refractivity contribution in [3.63, 3.8) is 0 Å². The fourth-order valence-electron chi connectivity index (χ4n) is 0.368. The quantitative estimate of drug-likeness (QED) is 0.254. The summed E-state index contributed by atoms with van der Waals surface area (Å²) in [5.74, 6) is 0. The molecule has 0 aromatic carbocycles. The lowest BCUT2D eigenvalue weighted by Gasteiger charge is -2.06. The first-order chi connectivity index (χ1) is 4.81. The van der Waals surface area contributed by atoms with Gasteiger partial charge in [-0.25, -0.2) is 4.89 Å². The minimum absolute atomic E-state index is 0.0554. The first-order valence-electron chi connectivity index (χ1n) is 2.94. The molecule has 0 fully saturated rings. The number of hydrogen-bond donors (Lipinski definition) is 3. The third-order valence-electron chi connectivity index (χ3n) is 0.840. The summed E-state index contributed by atoms with van der Waals surface area (Å²) in [7, 11) is 0. The van der Waals surface area contributed by atoms with Crippen molar-refractivity contribution < 1.29 is 25.1 Å². The third kappa shape index (κ3) is 5.93. The van der Waals surface area contributed by atoms with Gasteiger partial charge in [0.25, 0.3) is 0 Å². The van der Waals surface area contributed by atoms with Gasteiger partial charge in [-0.3, -0.25) is 5.26 Å². The van der Waals surface area contributed by atoms with E-state index >= 15 is 0 Å². The van der Waals surface area contributed by atoms with E-state index in [1.165, 1.54) is 0 Å². The zero-order chi connectivity index (χ0) is 7.82. The Morgan fingerprint density at radius 1 is 1.30 bits per heavy atom. The van der Waals surface area contributed by atoms with Crippen molar-refractivity contribution in [3.8, 4) is 0 Å². The average molecular weight is 152 g/mol. The van der Waals surface area contributed by atoms with Crippen molar-refractivity contribution in [2.24, 2.45) is 0 Å². The molecule has 1 atom stereocenters. The number of rotatable bonds is 6. The van der Waals surface area contributed by atoms with Crippen LogP contribution in [-0.4, -0.2) is 48.0 Å². The number of ether oxygens (including phenoxy) is 1. The predicted octanol–water partition coefficient (Wildman–Crippen LogP) is -1.15. The van der Waals surface area contributed by atoms with Gasteiger partial charge >= 0.3 is 0 Å². The minimum Gasteiger partial charge on any atom is -0.394 e. The van der Waals surface area contributed by atoms with Gasteiger partial charge in [-0.2, -0.15) is 0 Å². The minimum atomic E-state index is -0.848. The summed E-state index contributed by atoms with van der Waals surface area (Å²) < 4.78 is 4.73. The largest absolute Gasteiger partial charge is 0.394 e. The van der Waals surface area contributed by atoms with Gasteiger partial charge < -0.3 is 14.9 Å². The van der Waals surface area contributed by atoms with Crippen LogP contribution in [0.15, 0.2) is 0 Å². The maximum Gasteiger partial charge on any atom is 0.105 e. The van der Waals surface area contributed by atoms with Crippen molar-refractivity contribution in [3.05, 3.63) is 0 Å². The van der Waals surface area contributed by atoms with Crippen LogP contribution in [0.3, 0.4) is 0 Å². The van der Waals surface area contributed by atoms with Crippen LogP contribution in [0.1, 0.15) is 0 Å². The lowest BCUT2D eigenvalue weighted by atomic mass is 10.4. The molecule has 62 valence electrons. The molecule has 10 heavy (non-hydrogen) atoms. The van der Waals surface area contributed by atoms with Crippen molar-refractivity contribution in [1.29, 1.82) is 0 Å². The van der Waals surface area contributed by atoms with Crippen LogP contribution < -0.4 is 0 Å². The molecule has 0 radical (unpaired) electrons. The van der Waals surface area contributed by atoms with Crippen LogP contribution in [0.2, 0.25) is 0 Å². The Morgan fingerprint density at radius 3 is 2.50 bits per heavy atom. The lowest BCUT2D eigenvalue weighted by molar-refractivity contribution is -0.249. The van der Waals surface area contributed by atoms with E-state index in [9.17, 15) is 0 Å². The van der Waals surface area contributed by atoms with Crippen LogP contribution in [0, 0.1) is 0 Å². The summed E-state index contributed by atoms with van der Waals surface area (Å²) in [5.41, 5.74) is 0. The molecule has 3 N–H and O–H groups in total. The molecule has 0 rings (SSSR count). The molecule has 0 amide bonds. The fourth-order valence-corrected chi connectivity index (χ4v) is 0.368. The average Bonchev–Trinajstić information content (AvgIpc) is 1.98. The molecular formula is C5H12O5. The summed E-state index contributed by atoms with van der Waals surface area (Å²) >= 11 is 0. The van der Waals surface area contributed by atoms with E-state index in [0.717, 1.165) is 0 Å². The normalized spacial score (nSPS) is 13.5. The smallest absolute Gasteiger partial charge is 0.105 e. The topological polar surface area (TPSA) is 79.2 Å². The van der Waals surface area contributed by atoms with E-state index in [4.69, 9.17) is 20.2 Å². The van der Waals surface area contributed by atoms with Gasteiger partial charge in [0.2, 0.25) is 0 Å². The Kier molecular flexibility index (Phi) is 6.78. The van der Waals surface area contributed by atoms with E-state index in [0.29, 0.717) is 0 Å². The van der Waals surface area contributed by atoms with Crippen LogP contribution in [0.4, 0.5) is 0 Å². The molecule has 1 unspecified atom stereocenters. The summed E-state index contributed by atoms with van der Waals surface area (Å²) in [4.78, 5) is 3.69. The molecule has 0 bridgehead atoms. The van der Waals surface area contributed by atoms with Crippen molar-refractivity contribution in [1.82, 2.24) is 0 Å². The Balaban J connectivity index is 2.89. The van der Waals surface area contributed by atoms with Gasteiger partial charge in [0, 0.05) is 0 Å². The number of aliphatic hydroxyl groups is 2. The predicted molar refractivity (Wildman–Crippen MR) is 32.5 cm³/mol.